The van der Waals surface area contributed by atoms with Crippen molar-refractivity contribution in [1.29, 1.82) is 0 Å². The second-order valence-electron chi connectivity index (χ2n) is 5.83. The maximum absolute atomic E-state index is 12.2. The predicted octanol–water partition coefficient (Wildman–Crippen LogP) is 1.17. The van der Waals surface area contributed by atoms with Crippen LogP contribution >= 0.6 is 0 Å². The summed E-state index contributed by atoms with van der Waals surface area (Å²) in [5, 5.41) is 2.70. The SMILES string of the molecule is COC(=O)C(CC(C)C)NC(=O)Cn1c(C)cc(=O)cc1C. The highest BCUT2D eigenvalue weighted by Crippen LogP contribution is 2.07. The molecule has 0 bridgehead atoms. The summed E-state index contributed by atoms with van der Waals surface area (Å²) in [5.41, 5.74) is 1.33. The van der Waals surface area contributed by atoms with Gasteiger partial charge in [0.1, 0.15) is 12.6 Å². The summed E-state index contributed by atoms with van der Waals surface area (Å²) in [6.45, 7) is 7.54. The highest BCUT2D eigenvalue weighted by Gasteiger charge is 2.22. The van der Waals surface area contributed by atoms with Crippen molar-refractivity contribution in [3.8, 4) is 0 Å². The van der Waals surface area contributed by atoms with Crippen molar-refractivity contribution in [2.24, 2.45) is 5.92 Å². The van der Waals surface area contributed by atoms with Crippen LogP contribution in [-0.4, -0.2) is 29.6 Å². The van der Waals surface area contributed by atoms with Gasteiger partial charge < -0.3 is 14.6 Å². The van der Waals surface area contributed by atoms with Crippen LogP contribution < -0.4 is 10.7 Å². The van der Waals surface area contributed by atoms with Crippen LogP contribution in [0.3, 0.4) is 0 Å². The molecule has 0 fully saturated rings. The van der Waals surface area contributed by atoms with Crippen LogP contribution in [0.5, 0.6) is 0 Å². The Balaban J connectivity index is 2.84. The highest BCUT2D eigenvalue weighted by molar-refractivity contribution is 5.84. The van der Waals surface area contributed by atoms with Crippen molar-refractivity contribution in [3.05, 3.63) is 33.7 Å². The number of carbonyl (C=O) groups excluding carboxylic acids is 2. The number of methoxy groups -OCH3 is 1. The number of nitrogens with zero attached hydrogens (tertiary/aromatic N) is 1. The number of amides is 1. The Morgan fingerprint density at radius 2 is 1.77 bits per heavy atom. The zero-order valence-electron chi connectivity index (χ0n) is 13.8. The molecule has 1 heterocycles. The van der Waals surface area contributed by atoms with Gasteiger partial charge in [-0.25, -0.2) is 4.79 Å². The lowest BCUT2D eigenvalue weighted by molar-refractivity contribution is -0.145. The molecule has 1 atom stereocenters. The van der Waals surface area contributed by atoms with E-state index in [1.54, 1.807) is 18.4 Å². The summed E-state index contributed by atoms with van der Waals surface area (Å²) in [5.74, 6) is -0.485. The van der Waals surface area contributed by atoms with E-state index in [0.717, 1.165) is 0 Å². The maximum atomic E-state index is 12.2. The Morgan fingerprint density at radius 1 is 1.23 bits per heavy atom. The Kier molecular flexibility index (Phi) is 6.34. The lowest BCUT2D eigenvalue weighted by Gasteiger charge is -2.20. The standard InChI is InChI=1S/C16H24N2O4/c1-10(2)6-14(16(21)22-5)17-15(20)9-18-11(3)7-13(19)8-12(18)4/h7-8,10,14H,6,9H2,1-5H3,(H,17,20). The van der Waals surface area contributed by atoms with E-state index in [1.165, 1.54) is 19.2 Å². The van der Waals surface area contributed by atoms with Gasteiger partial charge >= 0.3 is 5.97 Å². The number of aromatic nitrogens is 1. The summed E-state index contributed by atoms with van der Waals surface area (Å²) in [4.78, 5) is 35.3. The number of ether oxygens (including phenoxy) is 1. The summed E-state index contributed by atoms with van der Waals surface area (Å²) >= 11 is 0. The second kappa shape index (κ2) is 7.77. The van der Waals surface area contributed by atoms with Crippen molar-refractivity contribution in [2.45, 2.75) is 46.7 Å². The van der Waals surface area contributed by atoms with Gasteiger partial charge in [0.2, 0.25) is 5.91 Å². The molecule has 0 aliphatic carbocycles. The molecule has 6 nitrogen and oxygen atoms in total. The second-order valence-corrected chi connectivity index (χ2v) is 5.83. The van der Waals surface area contributed by atoms with Crippen LogP contribution in [0.15, 0.2) is 16.9 Å². The number of carbonyl (C=O) groups is 2. The number of pyridine rings is 1. The fraction of sp³-hybridized carbons (Fsp3) is 0.562. The van der Waals surface area contributed by atoms with Crippen molar-refractivity contribution in [1.82, 2.24) is 9.88 Å². The molecule has 1 aromatic heterocycles. The normalized spacial score (nSPS) is 12.1. The molecule has 1 amide bonds. The summed E-state index contributed by atoms with van der Waals surface area (Å²) in [6.07, 6.45) is 0.514. The van der Waals surface area contributed by atoms with Gasteiger partial charge in [0.25, 0.3) is 0 Å². The monoisotopic (exact) mass is 308 g/mol. The first kappa shape index (κ1) is 17.9. The summed E-state index contributed by atoms with van der Waals surface area (Å²) in [7, 11) is 1.30. The van der Waals surface area contributed by atoms with E-state index in [-0.39, 0.29) is 23.8 Å². The molecule has 0 saturated heterocycles. The van der Waals surface area contributed by atoms with Crippen LogP contribution in [0.2, 0.25) is 0 Å². The van der Waals surface area contributed by atoms with Crippen molar-refractivity contribution in [3.63, 3.8) is 0 Å². The van der Waals surface area contributed by atoms with Gasteiger partial charge in [-0.1, -0.05) is 13.8 Å². The van der Waals surface area contributed by atoms with Crippen LogP contribution in [0, 0.1) is 19.8 Å². The number of aryl methyl sites for hydroxylation is 2. The van der Waals surface area contributed by atoms with Gasteiger partial charge in [-0.3, -0.25) is 9.59 Å². The van der Waals surface area contributed by atoms with E-state index in [4.69, 9.17) is 4.74 Å². The van der Waals surface area contributed by atoms with E-state index in [2.05, 4.69) is 5.32 Å². The van der Waals surface area contributed by atoms with Gasteiger partial charge in [-0.05, 0) is 26.2 Å². The van der Waals surface area contributed by atoms with E-state index in [0.29, 0.717) is 17.8 Å². The Labute approximate surface area is 130 Å². The smallest absolute Gasteiger partial charge is 0.328 e. The highest BCUT2D eigenvalue weighted by atomic mass is 16.5. The third-order valence-corrected chi connectivity index (χ3v) is 3.38. The van der Waals surface area contributed by atoms with Crippen LogP contribution in [0.25, 0.3) is 0 Å². The Morgan fingerprint density at radius 3 is 2.23 bits per heavy atom. The minimum atomic E-state index is -0.655. The van der Waals surface area contributed by atoms with Crippen LogP contribution in [0.4, 0.5) is 0 Å². The van der Waals surface area contributed by atoms with Gasteiger partial charge in [-0.15, -0.1) is 0 Å². The van der Waals surface area contributed by atoms with E-state index in [1.807, 2.05) is 13.8 Å². The quantitative estimate of drug-likeness (QED) is 0.800. The first-order chi connectivity index (χ1) is 10.2. The van der Waals surface area contributed by atoms with E-state index in [9.17, 15) is 14.4 Å². The summed E-state index contributed by atoms with van der Waals surface area (Å²) in [6, 6.07) is 2.30. The molecule has 1 unspecified atom stereocenters. The molecule has 1 N–H and O–H groups in total. The predicted molar refractivity (Wildman–Crippen MR) is 83.6 cm³/mol. The molecule has 0 spiro atoms. The molecule has 0 aliphatic rings. The molecular weight excluding hydrogens is 284 g/mol. The minimum Gasteiger partial charge on any atom is -0.467 e. The number of hydrogen-bond donors (Lipinski definition) is 1. The number of nitrogens with one attached hydrogen (secondary N) is 1. The zero-order valence-corrected chi connectivity index (χ0v) is 13.8. The number of rotatable bonds is 6. The average Bonchev–Trinajstić information content (AvgIpc) is 2.40. The first-order valence-electron chi connectivity index (χ1n) is 7.29. The molecule has 0 radical (unpaired) electrons. The largest absolute Gasteiger partial charge is 0.467 e. The molecule has 122 valence electrons. The third kappa shape index (κ3) is 5.02. The molecule has 1 aromatic rings. The lowest BCUT2D eigenvalue weighted by atomic mass is 10.0. The van der Waals surface area contributed by atoms with Gasteiger partial charge in [0.15, 0.2) is 5.43 Å². The fourth-order valence-corrected chi connectivity index (χ4v) is 2.35. The molecule has 22 heavy (non-hydrogen) atoms. The number of esters is 1. The third-order valence-electron chi connectivity index (χ3n) is 3.38. The molecule has 0 aliphatic heterocycles. The average molecular weight is 308 g/mol. The number of hydrogen-bond acceptors (Lipinski definition) is 4. The van der Waals surface area contributed by atoms with Gasteiger partial charge in [0, 0.05) is 23.5 Å². The lowest BCUT2D eigenvalue weighted by Crippen LogP contribution is -2.44. The van der Waals surface area contributed by atoms with E-state index < -0.39 is 12.0 Å². The van der Waals surface area contributed by atoms with Crippen LogP contribution in [0.1, 0.15) is 31.7 Å². The molecule has 0 aromatic carbocycles. The first-order valence-corrected chi connectivity index (χ1v) is 7.29. The van der Waals surface area contributed by atoms with Crippen LogP contribution in [-0.2, 0) is 20.9 Å². The molecule has 1 rings (SSSR count). The Bertz CT molecular complexity index is 578. The molecule has 6 heteroatoms. The fourth-order valence-electron chi connectivity index (χ4n) is 2.35. The maximum Gasteiger partial charge on any atom is 0.328 e. The van der Waals surface area contributed by atoms with Gasteiger partial charge in [0.05, 0.1) is 7.11 Å². The van der Waals surface area contributed by atoms with Gasteiger partial charge in [-0.2, -0.15) is 0 Å². The summed E-state index contributed by atoms with van der Waals surface area (Å²) < 4.78 is 6.46. The zero-order chi connectivity index (χ0) is 16.9. The van der Waals surface area contributed by atoms with Crippen molar-refractivity contribution in [2.75, 3.05) is 7.11 Å². The molecular formula is C16H24N2O4. The Hall–Kier alpha value is -2.11. The minimum absolute atomic E-state index is 0.0591. The van der Waals surface area contributed by atoms with Crippen molar-refractivity contribution >= 4 is 11.9 Å². The molecule has 0 saturated carbocycles. The van der Waals surface area contributed by atoms with E-state index >= 15 is 0 Å². The van der Waals surface area contributed by atoms with Crippen molar-refractivity contribution < 1.29 is 14.3 Å². The topological polar surface area (TPSA) is 77.4 Å².